The van der Waals surface area contributed by atoms with E-state index in [2.05, 4.69) is 17.4 Å². The van der Waals surface area contributed by atoms with E-state index < -0.39 is 5.92 Å². The summed E-state index contributed by atoms with van der Waals surface area (Å²) >= 11 is 0. The molecule has 4 N–H and O–H groups in total. The van der Waals surface area contributed by atoms with E-state index in [-0.39, 0.29) is 17.8 Å². The normalized spacial score (nSPS) is 23.7. The first kappa shape index (κ1) is 13.4. The first-order chi connectivity index (χ1) is 9.17. The average molecular weight is 261 g/mol. The average Bonchev–Trinajstić information content (AvgIpc) is 3.18. The molecule has 0 saturated heterocycles. The predicted molar refractivity (Wildman–Crippen MR) is 72.9 cm³/mol. The SMILES string of the molecule is CCC1CC1NC(=O)C(/C(N)=N/O)c1ccccc1. The van der Waals surface area contributed by atoms with E-state index in [0.29, 0.717) is 5.92 Å². The van der Waals surface area contributed by atoms with E-state index in [4.69, 9.17) is 10.9 Å². The monoisotopic (exact) mass is 261 g/mol. The Kier molecular flexibility index (Phi) is 4.04. The lowest BCUT2D eigenvalue weighted by Gasteiger charge is -2.15. The Morgan fingerprint density at radius 3 is 2.74 bits per heavy atom. The smallest absolute Gasteiger partial charge is 0.235 e. The van der Waals surface area contributed by atoms with Crippen LogP contribution < -0.4 is 11.1 Å². The largest absolute Gasteiger partial charge is 0.409 e. The fraction of sp³-hybridized carbons (Fsp3) is 0.429. The molecule has 3 atom stereocenters. The quantitative estimate of drug-likeness (QED) is 0.324. The molecule has 0 bridgehead atoms. The maximum Gasteiger partial charge on any atom is 0.235 e. The van der Waals surface area contributed by atoms with Crippen molar-refractivity contribution in [3.8, 4) is 0 Å². The molecule has 0 spiro atoms. The van der Waals surface area contributed by atoms with Crippen LogP contribution in [0.15, 0.2) is 35.5 Å². The summed E-state index contributed by atoms with van der Waals surface area (Å²) in [5.41, 5.74) is 6.38. The van der Waals surface area contributed by atoms with Gasteiger partial charge in [-0.1, -0.05) is 48.8 Å². The molecular weight excluding hydrogens is 242 g/mol. The van der Waals surface area contributed by atoms with E-state index in [1.54, 1.807) is 12.1 Å². The maximum absolute atomic E-state index is 12.3. The minimum absolute atomic E-state index is 0.0857. The zero-order valence-electron chi connectivity index (χ0n) is 10.9. The first-order valence-electron chi connectivity index (χ1n) is 6.50. The van der Waals surface area contributed by atoms with Crippen molar-refractivity contribution in [2.24, 2.45) is 16.8 Å². The number of carbonyl (C=O) groups is 1. The van der Waals surface area contributed by atoms with Crippen molar-refractivity contribution in [3.63, 3.8) is 0 Å². The van der Waals surface area contributed by atoms with Gasteiger partial charge in [-0.05, 0) is 17.9 Å². The third kappa shape index (κ3) is 3.05. The molecule has 102 valence electrons. The zero-order valence-corrected chi connectivity index (χ0v) is 10.9. The van der Waals surface area contributed by atoms with Gasteiger partial charge in [0.05, 0.1) is 0 Å². The van der Waals surface area contributed by atoms with Crippen molar-refractivity contribution < 1.29 is 10.0 Å². The van der Waals surface area contributed by atoms with Gasteiger partial charge in [0.1, 0.15) is 5.92 Å². The molecule has 2 rings (SSSR count). The lowest BCUT2D eigenvalue weighted by molar-refractivity contribution is -0.121. The van der Waals surface area contributed by atoms with E-state index in [1.807, 2.05) is 18.2 Å². The molecule has 5 heteroatoms. The van der Waals surface area contributed by atoms with Crippen molar-refractivity contribution in [3.05, 3.63) is 35.9 Å². The molecule has 1 aliphatic carbocycles. The highest BCUT2D eigenvalue weighted by Gasteiger charge is 2.38. The molecule has 1 aromatic rings. The van der Waals surface area contributed by atoms with E-state index in [1.165, 1.54) is 0 Å². The fourth-order valence-electron chi connectivity index (χ4n) is 2.30. The van der Waals surface area contributed by atoms with Crippen molar-refractivity contribution in [1.29, 1.82) is 0 Å². The highest BCUT2D eigenvalue weighted by Crippen LogP contribution is 2.33. The summed E-state index contributed by atoms with van der Waals surface area (Å²) < 4.78 is 0. The van der Waals surface area contributed by atoms with Crippen molar-refractivity contribution in [2.45, 2.75) is 31.7 Å². The predicted octanol–water partition coefficient (Wildman–Crippen LogP) is 1.43. The van der Waals surface area contributed by atoms with Gasteiger partial charge in [0, 0.05) is 6.04 Å². The molecule has 0 radical (unpaired) electrons. The van der Waals surface area contributed by atoms with Gasteiger partial charge in [0.15, 0.2) is 5.84 Å². The Bertz CT molecular complexity index is 473. The number of amidine groups is 1. The molecule has 3 unspecified atom stereocenters. The second-order valence-electron chi connectivity index (χ2n) is 4.89. The fourth-order valence-corrected chi connectivity index (χ4v) is 2.30. The molecular formula is C14H19N3O2. The number of nitrogens with one attached hydrogen (secondary N) is 1. The van der Waals surface area contributed by atoms with Gasteiger partial charge in [-0.25, -0.2) is 0 Å². The van der Waals surface area contributed by atoms with Crippen LogP contribution in [0, 0.1) is 5.92 Å². The number of hydrogen-bond acceptors (Lipinski definition) is 3. The summed E-state index contributed by atoms with van der Waals surface area (Å²) in [5, 5.41) is 14.8. The van der Waals surface area contributed by atoms with Gasteiger partial charge >= 0.3 is 0 Å². The van der Waals surface area contributed by atoms with Crippen LogP contribution in [0.2, 0.25) is 0 Å². The van der Waals surface area contributed by atoms with Crippen LogP contribution >= 0.6 is 0 Å². The molecule has 1 aliphatic rings. The molecule has 1 amide bonds. The molecule has 19 heavy (non-hydrogen) atoms. The number of nitrogens with zero attached hydrogens (tertiary/aromatic N) is 1. The summed E-state index contributed by atoms with van der Waals surface area (Å²) in [6.45, 7) is 2.11. The summed E-state index contributed by atoms with van der Waals surface area (Å²) in [6.07, 6.45) is 2.07. The van der Waals surface area contributed by atoms with Crippen LogP contribution in [-0.4, -0.2) is 23.0 Å². The standard InChI is InChI=1S/C14H19N3O2/c1-2-9-8-11(9)16-14(18)12(13(15)17-19)10-6-4-3-5-7-10/h3-7,9,11-12,19H,2,8H2,1H3,(H2,15,17)(H,16,18). The Balaban J connectivity index is 2.12. The van der Waals surface area contributed by atoms with Gasteiger partial charge in [0.25, 0.3) is 0 Å². The van der Waals surface area contributed by atoms with Crippen LogP contribution in [0.3, 0.4) is 0 Å². The number of nitrogens with two attached hydrogens (primary N) is 1. The van der Waals surface area contributed by atoms with Crippen molar-refractivity contribution in [2.75, 3.05) is 0 Å². The van der Waals surface area contributed by atoms with E-state index in [0.717, 1.165) is 18.4 Å². The Morgan fingerprint density at radius 2 is 2.21 bits per heavy atom. The van der Waals surface area contributed by atoms with Gasteiger partial charge < -0.3 is 16.3 Å². The molecule has 1 saturated carbocycles. The number of benzene rings is 1. The van der Waals surface area contributed by atoms with Crippen molar-refractivity contribution in [1.82, 2.24) is 5.32 Å². The molecule has 1 fully saturated rings. The molecule has 0 heterocycles. The summed E-state index contributed by atoms with van der Waals surface area (Å²) in [6, 6.07) is 9.34. The highest BCUT2D eigenvalue weighted by atomic mass is 16.4. The number of rotatable bonds is 5. The second kappa shape index (κ2) is 5.73. The van der Waals surface area contributed by atoms with Crippen molar-refractivity contribution >= 4 is 11.7 Å². The lowest BCUT2D eigenvalue weighted by atomic mass is 9.97. The maximum atomic E-state index is 12.3. The van der Waals surface area contributed by atoms with Crippen LogP contribution in [0.1, 0.15) is 31.2 Å². The second-order valence-corrected chi connectivity index (χ2v) is 4.89. The summed E-state index contributed by atoms with van der Waals surface area (Å²) in [4.78, 5) is 12.3. The molecule has 1 aromatic carbocycles. The first-order valence-corrected chi connectivity index (χ1v) is 6.50. The van der Waals surface area contributed by atoms with Crippen LogP contribution in [0.5, 0.6) is 0 Å². The molecule has 0 aromatic heterocycles. The molecule has 5 nitrogen and oxygen atoms in total. The minimum atomic E-state index is -0.732. The van der Waals surface area contributed by atoms with E-state index in [9.17, 15) is 4.79 Å². The van der Waals surface area contributed by atoms with Gasteiger partial charge in [-0.2, -0.15) is 0 Å². The lowest BCUT2D eigenvalue weighted by Crippen LogP contribution is -2.38. The number of amides is 1. The van der Waals surface area contributed by atoms with Crippen LogP contribution in [0.25, 0.3) is 0 Å². The van der Waals surface area contributed by atoms with Gasteiger partial charge in [-0.3, -0.25) is 4.79 Å². The van der Waals surface area contributed by atoms with Gasteiger partial charge in [0.2, 0.25) is 5.91 Å². The third-order valence-electron chi connectivity index (χ3n) is 3.58. The summed E-state index contributed by atoms with van der Waals surface area (Å²) in [5.74, 6) is -0.461. The third-order valence-corrected chi connectivity index (χ3v) is 3.58. The van der Waals surface area contributed by atoms with E-state index >= 15 is 0 Å². The number of hydrogen-bond donors (Lipinski definition) is 3. The highest BCUT2D eigenvalue weighted by molar-refractivity contribution is 6.07. The summed E-state index contributed by atoms with van der Waals surface area (Å²) in [7, 11) is 0. The Hall–Kier alpha value is -2.04. The number of oxime groups is 1. The Labute approximate surface area is 112 Å². The van der Waals surface area contributed by atoms with Crippen LogP contribution in [0.4, 0.5) is 0 Å². The zero-order chi connectivity index (χ0) is 13.8. The molecule has 0 aliphatic heterocycles. The number of carbonyl (C=O) groups excluding carboxylic acids is 1. The van der Waals surface area contributed by atoms with Gasteiger partial charge in [-0.15, -0.1) is 0 Å². The topological polar surface area (TPSA) is 87.7 Å². The minimum Gasteiger partial charge on any atom is -0.409 e. The Morgan fingerprint density at radius 1 is 1.53 bits per heavy atom. The van der Waals surface area contributed by atoms with Crippen LogP contribution in [-0.2, 0) is 4.79 Å².